The number of amides is 1. The van der Waals surface area contributed by atoms with E-state index in [-0.39, 0.29) is 17.0 Å². The summed E-state index contributed by atoms with van der Waals surface area (Å²) >= 11 is 0.940. The lowest BCUT2D eigenvalue weighted by molar-refractivity contribution is -0.233. The Morgan fingerprint density at radius 3 is 2.81 bits per heavy atom. The second kappa shape index (κ2) is 8.60. The molecule has 1 aliphatic rings. The van der Waals surface area contributed by atoms with E-state index in [2.05, 4.69) is 10.2 Å². The predicted molar refractivity (Wildman–Crippen MR) is 96.0 cm³/mol. The monoisotopic (exact) mass is 397 g/mol. The first-order valence-electron chi connectivity index (χ1n) is 8.86. The van der Waals surface area contributed by atoms with Gasteiger partial charge in [0.25, 0.3) is 17.2 Å². The van der Waals surface area contributed by atoms with Crippen molar-refractivity contribution in [2.45, 2.75) is 50.9 Å². The summed E-state index contributed by atoms with van der Waals surface area (Å²) in [6, 6.07) is 7.55. The van der Waals surface area contributed by atoms with Crippen molar-refractivity contribution in [1.82, 2.24) is 15.1 Å². The van der Waals surface area contributed by atoms with Gasteiger partial charge >= 0.3 is 6.11 Å². The summed E-state index contributed by atoms with van der Waals surface area (Å²) in [5, 5.41) is 7.11. The lowest BCUT2D eigenvalue weighted by Gasteiger charge is -2.38. The van der Waals surface area contributed by atoms with Crippen molar-refractivity contribution in [3.05, 3.63) is 35.8 Å². The van der Waals surface area contributed by atoms with Crippen LogP contribution in [0.1, 0.15) is 32.6 Å². The van der Waals surface area contributed by atoms with Crippen molar-refractivity contribution in [3.63, 3.8) is 0 Å². The largest absolute Gasteiger partial charge is 0.445 e. The number of benzene rings is 1. The normalized spacial score (nSPS) is 18.8. The van der Waals surface area contributed by atoms with E-state index < -0.39 is 18.1 Å². The number of hydrogen-bond donors (Lipinski definition) is 0. The van der Waals surface area contributed by atoms with Crippen molar-refractivity contribution < 1.29 is 23.0 Å². The number of halogens is 2. The SMILES string of the molecule is CCC1CCCCN1C(=O)C(Oc1nncs1)C(F)(F)Oc1ccccc1. The van der Waals surface area contributed by atoms with Gasteiger partial charge in [-0.2, -0.15) is 8.78 Å². The summed E-state index contributed by atoms with van der Waals surface area (Å²) in [7, 11) is 0. The number of nitrogens with zero attached hydrogens (tertiary/aromatic N) is 3. The molecule has 27 heavy (non-hydrogen) atoms. The number of carbonyl (C=O) groups is 1. The molecular formula is C18H21F2N3O3S. The Morgan fingerprint density at radius 1 is 1.37 bits per heavy atom. The molecule has 0 bridgehead atoms. The number of aromatic nitrogens is 2. The van der Waals surface area contributed by atoms with Gasteiger partial charge in [-0.1, -0.05) is 36.5 Å². The van der Waals surface area contributed by atoms with Gasteiger partial charge in [-0.3, -0.25) is 4.79 Å². The highest BCUT2D eigenvalue weighted by Gasteiger charge is 2.52. The van der Waals surface area contributed by atoms with Gasteiger partial charge in [-0.05, 0) is 37.8 Å². The third kappa shape index (κ3) is 4.71. The van der Waals surface area contributed by atoms with Gasteiger partial charge < -0.3 is 14.4 Å². The molecule has 2 atom stereocenters. The molecular weight excluding hydrogens is 376 g/mol. The zero-order valence-corrected chi connectivity index (χ0v) is 15.7. The average molecular weight is 397 g/mol. The Labute approximate surface area is 160 Å². The minimum absolute atomic E-state index is 0.0492. The molecule has 3 rings (SSSR count). The molecule has 1 aromatic heterocycles. The van der Waals surface area contributed by atoms with Crippen LogP contribution < -0.4 is 9.47 Å². The van der Waals surface area contributed by atoms with Gasteiger partial charge in [-0.25, -0.2) is 0 Å². The van der Waals surface area contributed by atoms with E-state index >= 15 is 0 Å². The molecule has 0 spiro atoms. The maximum absolute atomic E-state index is 15.0. The number of carbonyl (C=O) groups excluding carboxylic acids is 1. The second-order valence-electron chi connectivity index (χ2n) is 6.27. The van der Waals surface area contributed by atoms with Crippen LogP contribution in [0.4, 0.5) is 8.78 Å². The summed E-state index contributed by atoms with van der Waals surface area (Å²) < 4.78 is 40.1. The molecule has 0 radical (unpaired) electrons. The zero-order valence-electron chi connectivity index (χ0n) is 14.9. The van der Waals surface area contributed by atoms with Crippen molar-refractivity contribution in [2.24, 2.45) is 0 Å². The Kier molecular flexibility index (Phi) is 6.20. The van der Waals surface area contributed by atoms with Gasteiger partial charge in [0.1, 0.15) is 11.3 Å². The Balaban J connectivity index is 1.86. The first-order chi connectivity index (χ1) is 13.0. The predicted octanol–water partition coefficient (Wildman–Crippen LogP) is 3.75. The van der Waals surface area contributed by atoms with E-state index in [1.807, 2.05) is 6.92 Å². The molecule has 1 aliphatic heterocycles. The molecule has 0 aliphatic carbocycles. The number of para-hydroxylation sites is 1. The van der Waals surface area contributed by atoms with Crippen molar-refractivity contribution in [1.29, 1.82) is 0 Å². The summed E-state index contributed by atoms with van der Waals surface area (Å²) in [5.74, 6) is -0.843. The number of alkyl halides is 2. The number of piperidine rings is 1. The molecule has 1 aromatic carbocycles. The first-order valence-corrected chi connectivity index (χ1v) is 9.74. The Bertz CT molecular complexity index is 731. The fourth-order valence-corrected chi connectivity index (χ4v) is 3.57. The third-order valence-electron chi connectivity index (χ3n) is 4.47. The van der Waals surface area contributed by atoms with E-state index in [0.29, 0.717) is 13.0 Å². The lowest BCUT2D eigenvalue weighted by atomic mass is 9.99. The molecule has 1 fully saturated rings. The zero-order chi connectivity index (χ0) is 19.3. The smallest absolute Gasteiger partial charge is 0.445 e. The van der Waals surface area contributed by atoms with Crippen LogP contribution >= 0.6 is 11.3 Å². The highest BCUT2D eigenvalue weighted by Crippen LogP contribution is 2.31. The van der Waals surface area contributed by atoms with Crippen molar-refractivity contribution in [2.75, 3.05) is 6.54 Å². The molecule has 2 unspecified atom stereocenters. The van der Waals surface area contributed by atoms with Crippen LogP contribution in [0.5, 0.6) is 10.9 Å². The van der Waals surface area contributed by atoms with Crippen molar-refractivity contribution in [3.8, 4) is 10.9 Å². The summed E-state index contributed by atoms with van der Waals surface area (Å²) in [5.41, 5.74) is 1.35. The van der Waals surface area contributed by atoms with E-state index in [9.17, 15) is 13.6 Å². The Hall–Kier alpha value is -2.29. The van der Waals surface area contributed by atoms with Gasteiger partial charge in [0, 0.05) is 12.6 Å². The lowest BCUT2D eigenvalue weighted by Crippen LogP contribution is -2.57. The standard InChI is InChI=1S/C18H21F2N3O3S/c1-2-13-8-6-7-11-23(13)16(24)15(25-17-22-21-12-27-17)18(19,20)26-14-9-4-3-5-10-14/h3-5,9-10,12-13,15H,2,6-8,11H2,1H3. The molecule has 9 heteroatoms. The maximum atomic E-state index is 15.0. The van der Waals surface area contributed by atoms with Gasteiger partial charge in [0.2, 0.25) is 0 Å². The molecule has 6 nitrogen and oxygen atoms in total. The van der Waals surface area contributed by atoms with Crippen LogP contribution in [0.2, 0.25) is 0 Å². The fourth-order valence-electron chi connectivity index (χ4n) is 3.14. The van der Waals surface area contributed by atoms with E-state index in [0.717, 1.165) is 30.6 Å². The minimum atomic E-state index is -3.88. The first kappa shape index (κ1) is 19.5. The van der Waals surface area contributed by atoms with Crippen LogP contribution in [0.3, 0.4) is 0 Å². The van der Waals surface area contributed by atoms with E-state index in [1.54, 1.807) is 18.2 Å². The summed E-state index contributed by atoms with van der Waals surface area (Å²) in [6.45, 7) is 2.37. The number of ether oxygens (including phenoxy) is 2. The minimum Gasteiger partial charge on any atom is -0.445 e. The molecule has 2 heterocycles. The van der Waals surface area contributed by atoms with Crippen LogP contribution in [-0.4, -0.2) is 45.8 Å². The Morgan fingerprint density at radius 2 is 2.15 bits per heavy atom. The van der Waals surface area contributed by atoms with Gasteiger partial charge in [0.05, 0.1) is 0 Å². The van der Waals surface area contributed by atoms with Crippen LogP contribution in [-0.2, 0) is 4.79 Å². The van der Waals surface area contributed by atoms with E-state index in [1.165, 1.54) is 22.5 Å². The molecule has 0 N–H and O–H groups in total. The molecule has 2 aromatic rings. The third-order valence-corrected chi connectivity index (χ3v) is 5.05. The maximum Gasteiger partial charge on any atom is 0.445 e. The van der Waals surface area contributed by atoms with Crippen LogP contribution in [0.25, 0.3) is 0 Å². The molecule has 0 saturated carbocycles. The molecule has 1 amide bonds. The molecule has 146 valence electrons. The summed E-state index contributed by atoms with van der Waals surface area (Å²) in [6.07, 6.45) is -2.78. The number of hydrogen-bond acceptors (Lipinski definition) is 6. The van der Waals surface area contributed by atoms with Crippen molar-refractivity contribution >= 4 is 17.2 Å². The number of likely N-dealkylation sites (tertiary alicyclic amines) is 1. The van der Waals surface area contributed by atoms with Gasteiger partial charge in [-0.15, -0.1) is 10.2 Å². The average Bonchev–Trinajstić information content (AvgIpc) is 3.19. The van der Waals surface area contributed by atoms with Gasteiger partial charge in [0.15, 0.2) is 0 Å². The fraction of sp³-hybridized carbons (Fsp3) is 0.500. The topological polar surface area (TPSA) is 64.6 Å². The number of rotatable bonds is 7. The second-order valence-corrected chi connectivity index (χ2v) is 7.06. The molecule has 1 saturated heterocycles. The highest BCUT2D eigenvalue weighted by molar-refractivity contribution is 7.11. The van der Waals surface area contributed by atoms with Crippen LogP contribution in [0.15, 0.2) is 35.8 Å². The van der Waals surface area contributed by atoms with E-state index in [4.69, 9.17) is 9.47 Å². The highest BCUT2D eigenvalue weighted by atomic mass is 32.1. The summed E-state index contributed by atoms with van der Waals surface area (Å²) in [4.78, 5) is 14.5. The van der Waals surface area contributed by atoms with Crippen LogP contribution in [0, 0.1) is 0 Å². The quantitative estimate of drug-likeness (QED) is 0.712.